The largest absolute Gasteiger partial charge is 0.508 e. The molecule has 4 aliphatic rings. The van der Waals surface area contributed by atoms with Gasteiger partial charge in [-0.2, -0.15) is 10.2 Å². The second-order valence-electron chi connectivity index (χ2n) is 15.3. The van der Waals surface area contributed by atoms with E-state index in [1.165, 1.54) is 9.80 Å². The molecule has 0 radical (unpaired) electrons. The molecule has 1 N–H and O–H groups in total. The Morgan fingerprint density at radius 3 is 2.04 bits per heavy atom. The minimum Gasteiger partial charge on any atom is -0.508 e. The standard InChI is InChI=1S/C46H38ClN5O5/c1-50(2)31-19-15-29(16-20-31)48-49-30-17-21-32(22-18-30)51-42(54)36-24-23-34-37(40(36)44(51)56)26-38-43(55)52(33-12-8-11-28(47)25-33)45(57)46(38,27-9-4-3-5-10-27)41(34)35-13-6-7-14-39(35)53/h3-23,25,36-38,40-41,53H,24,26H2,1-2H3/t36-,37+,38-,40-,41+,46+/m0/s1. The van der Waals surface area contributed by atoms with Gasteiger partial charge in [-0.3, -0.25) is 24.1 Å². The first-order chi connectivity index (χ1) is 27.6. The number of halogens is 1. The van der Waals surface area contributed by atoms with E-state index in [0.29, 0.717) is 38.9 Å². The van der Waals surface area contributed by atoms with Crippen LogP contribution >= 0.6 is 11.6 Å². The van der Waals surface area contributed by atoms with Crippen molar-refractivity contribution in [3.63, 3.8) is 0 Å². The van der Waals surface area contributed by atoms with E-state index in [9.17, 15) is 19.5 Å². The van der Waals surface area contributed by atoms with Crippen LogP contribution in [0.15, 0.2) is 149 Å². The number of allylic oxidation sites excluding steroid dienone is 2. The third-order valence-corrected chi connectivity index (χ3v) is 12.4. The second kappa shape index (κ2) is 14.0. The van der Waals surface area contributed by atoms with E-state index in [2.05, 4.69) is 10.2 Å². The predicted molar refractivity (Wildman–Crippen MR) is 218 cm³/mol. The maximum Gasteiger partial charge on any atom is 0.246 e. The molecule has 0 unspecified atom stereocenters. The molecule has 0 aromatic heterocycles. The average molecular weight is 776 g/mol. The lowest BCUT2D eigenvalue weighted by molar-refractivity contribution is -0.127. The van der Waals surface area contributed by atoms with Crippen molar-refractivity contribution in [2.45, 2.75) is 24.2 Å². The number of amides is 4. The van der Waals surface area contributed by atoms with Gasteiger partial charge in [0.05, 0.1) is 45.9 Å². The number of carbonyl (C=O) groups is 4. The van der Waals surface area contributed by atoms with Crippen molar-refractivity contribution in [3.05, 3.63) is 155 Å². The van der Waals surface area contributed by atoms with Crippen LogP contribution in [0.2, 0.25) is 5.02 Å². The summed E-state index contributed by atoms with van der Waals surface area (Å²) in [6, 6.07) is 37.2. The molecule has 1 saturated carbocycles. The number of rotatable bonds is 7. The Balaban J connectivity index is 1.11. The number of para-hydroxylation sites is 1. The SMILES string of the molecule is CN(C)c1ccc(N=Nc2ccc(N3C(=O)[C@H]4[C@H](CC=C5[C@H]4C[C@H]4C(=O)N(c6cccc(Cl)c6)C(=O)[C@@]4(c4ccccc4)[C@H]5c4ccccc4O)C3=O)cc2)cc1. The Kier molecular flexibility index (Phi) is 8.89. The lowest BCUT2D eigenvalue weighted by Crippen LogP contribution is -2.53. The van der Waals surface area contributed by atoms with Gasteiger partial charge in [0.1, 0.15) is 5.75 Å². The summed E-state index contributed by atoms with van der Waals surface area (Å²) in [5.41, 5.74) is 3.44. The molecule has 57 heavy (non-hydrogen) atoms. The highest BCUT2D eigenvalue weighted by Gasteiger charge is 2.70. The molecule has 11 heteroatoms. The molecular formula is C46H38ClN5O5. The van der Waals surface area contributed by atoms with Crippen LogP contribution in [-0.4, -0.2) is 42.8 Å². The van der Waals surface area contributed by atoms with E-state index < -0.39 is 46.8 Å². The number of fused-ring (bicyclic) bond motifs is 4. The van der Waals surface area contributed by atoms with Gasteiger partial charge in [0.2, 0.25) is 23.6 Å². The van der Waals surface area contributed by atoms with Crippen LogP contribution in [0, 0.1) is 23.7 Å². The van der Waals surface area contributed by atoms with Crippen LogP contribution in [0.25, 0.3) is 0 Å². The highest BCUT2D eigenvalue weighted by molar-refractivity contribution is 6.32. The minimum atomic E-state index is -1.47. The molecule has 5 aromatic rings. The Bertz CT molecular complexity index is 2500. The van der Waals surface area contributed by atoms with E-state index in [4.69, 9.17) is 11.6 Å². The van der Waals surface area contributed by atoms with Crippen LogP contribution in [-0.2, 0) is 24.6 Å². The summed E-state index contributed by atoms with van der Waals surface area (Å²) < 4.78 is 0. The normalized spacial score (nSPS) is 25.4. The number of carbonyl (C=O) groups excluding carboxylic acids is 4. The third kappa shape index (κ3) is 5.69. The van der Waals surface area contributed by atoms with Crippen LogP contribution in [0.5, 0.6) is 5.75 Å². The fourth-order valence-electron chi connectivity index (χ4n) is 9.68. The summed E-state index contributed by atoms with van der Waals surface area (Å²) >= 11 is 6.41. The maximum absolute atomic E-state index is 15.3. The molecule has 3 fully saturated rings. The summed E-state index contributed by atoms with van der Waals surface area (Å²) in [7, 11) is 3.93. The number of imide groups is 2. The number of hydrogen-bond donors (Lipinski definition) is 1. The van der Waals surface area contributed by atoms with Crippen molar-refractivity contribution >= 4 is 63.7 Å². The number of benzene rings is 5. The van der Waals surface area contributed by atoms with Crippen molar-refractivity contribution in [1.82, 2.24) is 0 Å². The maximum atomic E-state index is 15.3. The average Bonchev–Trinajstić information content (AvgIpc) is 3.61. The summed E-state index contributed by atoms with van der Waals surface area (Å²) in [6.07, 6.45) is 2.39. The first-order valence-electron chi connectivity index (χ1n) is 18.9. The van der Waals surface area contributed by atoms with Crippen molar-refractivity contribution in [2.24, 2.45) is 33.9 Å². The zero-order valence-corrected chi connectivity index (χ0v) is 32.0. The van der Waals surface area contributed by atoms with Gasteiger partial charge in [-0.25, -0.2) is 4.90 Å². The van der Waals surface area contributed by atoms with Gasteiger partial charge in [-0.05, 0) is 97.1 Å². The molecule has 6 atom stereocenters. The number of phenols is 1. The smallest absolute Gasteiger partial charge is 0.246 e. The first kappa shape index (κ1) is 36.3. The van der Waals surface area contributed by atoms with Crippen molar-refractivity contribution in [1.29, 1.82) is 0 Å². The predicted octanol–water partition coefficient (Wildman–Crippen LogP) is 8.89. The van der Waals surface area contributed by atoms with E-state index in [1.54, 1.807) is 72.8 Å². The van der Waals surface area contributed by atoms with E-state index in [1.807, 2.05) is 79.7 Å². The Hall–Kier alpha value is -6.39. The molecule has 2 aliphatic carbocycles. The second-order valence-corrected chi connectivity index (χ2v) is 15.7. The van der Waals surface area contributed by atoms with E-state index >= 15 is 4.79 Å². The number of hydrogen-bond acceptors (Lipinski definition) is 8. The molecule has 0 spiro atoms. The van der Waals surface area contributed by atoms with Crippen molar-refractivity contribution < 1.29 is 24.3 Å². The molecule has 0 bridgehead atoms. The zero-order chi connectivity index (χ0) is 39.6. The van der Waals surface area contributed by atoms with Gasteiger partial charge >= 0.3 is 0 Å². The Labute approximate surface area is 334 Å². The van der Waals surface area contributed by atoms with Gasteiger partial charge in [0.15, 0.2) is 0 Å². The molecule has 2 saturated heterocycles. The molecule has 284 valence electrons. The fourth-order valence-corrected chi connectivity index (χ4v) is 9.86. The zero-order valence-electron chi connectivity index (χ0n) is 31.2. The summed E-state index contributed by atoms with van der Waals surface area (Å²) in [5, 5.41) is 20.6. The van der Waals surface area contributed by atoms with E-state index in [-0.39, 0.29) is 30.4 Å². The number of nitrogens with zero attached hydrogens (tertiary/aromatic N) is 5. The van der Waals surface area contributed by atoms with Crippen LogP contribution < -0.4 is 14.7 Å². The molecule has 10 nitrogen and oxygen atoms in total. The fraction of sp³-hybridized carbons (Fsp3) is 0.217. The Morgan fingerprint density at radius 2 is 1.37 bits per heavy atom. The van der Waals surface area contributed by atoms with Crippen LogP contribution in [0.4, 0.5) is 28.4 Å². The molecular weight excluding hydrogens is 738 g/mol. The number of phenolic OH excluding ortho intramolecular Hbond substituents is 1. The van der Waals surface area contributed by atoms with Crippen molar-refractivity contribution in [2.75, 3.05) is 28.8 Å². The number of anilines is 3. The minimum absolute atomic E-state index is 0.0278. The molecule has 2 aliphatic heterocycles. The van der Waals surface area contributed by atoms with Crippen LogP contribution in [0.3, 0.4) is 0 Å². The topological polar surface area (TPSA) is 123 Å². The molecule has 5 aromatic carbocycles. The van der Waals surface area contributed by atoms with Gasteiger partial charge in [-0.1, -0.05) is 77.8 Å². The molecule has 9 rings (SSSR count). The van der Waals surface area contributed by atoms with E-state index in [0.717, 1.165) is 11.3 Å². The van der Waals surface area contributed by atoms with Gasteiger partial charge in [0, 0.05) is 36.3 Å². The van der Waals surface area contributed by atoms with Gasteiger partial charge in [-0.15, -0.1) is 0 Å². The highest BCUT2D eigenvalue weighted by Crippen LogP contribution is 2.65. The number of aromatic hydroxyl groups is 1. The Morgan fingerprint density at radius 1 is 0.702 bits per heavy atom. The van der Waals surface area contributed by atoms with Gasteiger partial charge < -0.3 is 10.0 Å². The lowest BCUT2D eigenvalue weighted by atomic mass is 9.49. The number of azo groups is 1. The quantitative estimate of drug-likeness (QED) is 0.100. The summed E-state index contributed by atoms with van der Waals surface area (Å²) in [6.45, 7) is 0. The van der Waals surface area contributed by atoms with Crippen LogP contribution in [0.1, 0.15) is 29.9 Å². The molecule has 2 heterocycles. The van der Waals surface area contributed by atoms with Crippen molar-refractivity contribution in [3.8, 4) is 5.75 Å². The summed E-state index contributed by atoms with van der Waals surface area (Å²) in [5.74, 6) is -5.33. The monoisotopic (exact) mass is 775 g/mol. The third-order valence-electron chi connectivity index (χ3n) is 12.2. The van der Waals surface area contributed by atoms with Gasteiger partial charge in [0.25, 0.3) is 0 Å². The highest BCUT2D eigenvalue weighted by atomic mass is 35.5. The lowest BCUT2D eigenvalue weighted by Gasteiger charge is -2.50. The first-order valence-corrected chi connectivity index (χ1v) is 19.3. The molecule has 4 amide bonds. The summed E-state index contributed by atoms with van der Waals surface area (Å²) in [4.78, 5) is 63.7.